The molecule has 0 amide bonds. The minimum Gasteiger partial charge on any atom is -0.279 e. The van der Waals surface area contributed by atoms with Gasteiger partial charge < -0.3 is 0 Å². The average molecular weight is 320 g/mol. The Kier molecular flexibility index (Phi) is 4.08. The van der Waals surface area contributed by atoms with E-state index < -0.39 is 10.0 Å². The minimum atomic E-state index is -3.63. The van der Waals surface area contributed by atoms with Crippen LogP contribution in [-0.4, -0.2) is 8.42 Å². The molecule has 0 unspecified atom stereocenters. The van der Waals surface area contributed by atoms with E-state index in [1.807, 2.05) is 18.2 Å². The van der Waals surface area contributed by atoms with Crippen LogP contribution in [0.2, 0.25) is 0 Å². The Bertz CT molecular complexity index is 776. The van der Waals surface area contributed by atoms with Gasteiger partial charge in [0.25, 0.3) is 10.0 Å². The first-order valence-corrected chi connectivity index (χ1v) is 8.66. The number of anilines is 1. The zero-order chi connectivity index (χ0) is 15.7. The van der Waals surface area contributed by atoms with Crippen molar-refractivity contribution in [3.05, 3.63) is 46.8 Å². The molecule has 1 heterocycles. The van der Waals surface area contributed by atoms with Crippen molar-refractivity contribution in [3.63, 3.8) is 0 Å². The molecule has 6 heteroatoms. The van der Waals surface area contributed by atoms with Gasteiger partial charge in [0.2, 0.25) is 0 Å². The Morgan fingerprint density at radius 1 is 1.10 bits per heavy atom. The molecule has 0 aliphatic carbocycles. The van der Waals surface area contributed by atoms with Gasteiger partial charge in [0, 0.05) is 5.69 Å². The number of thiophene rings is 1. The van der Waals surface area contributed by atoms with Crippen LogP contribution in [0.4, 0.5) is 5.69 Å². The molecule has 2 rings (SSSR count). The molecule has 0 aliphatic heterocycles. The molecular formula is C15H16N2O2S2. The molecule has 0 aliphatic rings. The first kappa shape index (κ1) is 15.5. The van der Waals surface area contributed by atoms with Crippen LogP contribution in [0.5, 0.6) is 0 Å². The van der Waals surface area contributed by atoms with E-state index in [9.17, 15) is 8.42 Å². The van der Waals surface area contributed by atoms with Gasteiger partial charge >= 0.3 is 0 Å². The fourth-order valence-electron chi connectivity index (χ4n) is 1.77. The number of rotatable bonds is 3. The van der Waals surface area contributed by atoms with Gasteiger partial charge in [-0.1, -0.05) is 32.9 Å². The first-order chi connectivity index (χ1) is 9.72. The number of nitriles is 1. The molecule has 0 spiro atoms. The third-order valence-corrected chi connectivity index (χ3v) is 5.82. The van der Waals surface area contributed by atoms with E-state index in [4.69, 9.17) is 5.26 Å². The van der Waals surface area contributed by atoms with E-state index in [1.54, 1.807) is 12.1 Å². The lowest BCUT2D eigenvalue weighted by Crippen LogP contribution is -2.13. The number of sulfonamides is 1. The quantitative estimate of drug-likeness (QED) is 0.937. The van der Waals surface area contributed by atoms with E-state index in [-0.39, 0.29) is 9.62 Å². The molecule has 0 saturated carbocycles. The van der Waals surface area contributed by atoms with Gasteiger partial charge in [-0.05, 0) is 35.2 Å². The topological polar surface area (TPSA) is 70.0 Å². The summed E-state index contributed by atoms with van der Waals surface area (Å²) in [5, 5.41) is 8.76. The van der Waals surface area contributed by atoms with Gasteiger partial charge in [-0.25, -0.2) is 8.42 Å². The van der Waals surface area contributed by atoms with Crippen molar-refractivity contribution in [2.24, 2.45) is 0 Å². The Hall–Kier alpha value is -1.84. The van der Waals surface area contributed by atoms with Gasteiger partial charge in [-0.3, -0.25) is 4.72 Å². The van der Waals surface area contributed by atoms with Crippen molar-refractivity contribution >= 4 is 27.0 Å². The fourth-order valence-corrected chi connectivity index (χ4v) is 3.93. The number of benzene rings is 1. The maximum absolute atomic E-state index is 12.2. The molecule has 0 atom stereocenters. The molecular weight excluding hydrogens is 304 g/mol. The average Bonchev–Trinajstić information content (AvgIpc) is 2.87. The molecule has 0 radical (unpaired) electrons. The maximum Gasteiger partial charge on any atom is 0.271 e. The van der Waals surface area contributed by atoms with E-state index in [1.165, 1.54) is 12.1 Å². The van der Waals surface area contributed by atoms with Gasteiger partial charge in [-0.15, -0.1) is 11.3 Å². The van der Waals surface area contributed by atoms with Crippen LogP contribution >= 0.6 is 11.3 Å². The largest absolute Gasteiger partial charge is 0.279 e. The van der Waals surface area contributed by atoms with E-state index in [0.717, 1.165) is 16.9 Å². The van der Waals surface area contributed by atoms with Crippen molar-refractivity contribution in [3.8, 4) is 6.07 Å². The summed E-state index contributed by atoms with van der Waals surface area (Å²) in [5.41, 5.74) is 1.66. The molecule has 1 N–H and O–H groups in total. The lowest BCUT2D eigenvalue weighted by atomic mass is 9.87. The zero-order valence-electron chi connectivity index (χ0n) is 12.0. The highest BCUT2D eigenvalue weighted by molar-refractivity contribution is 7.94. The third kappa shape index (κ3) is 3.63. The molecule has 21 heavy (non-hydrogen) atoms. The number of nitrogens with zero attached hydrogens (tertiary/aromatic N) is 1. The summed E-state index contributed by atoms with van der Waals surface area (Å²) >= 11 is 0.955. The van der Waals surface area contributed by atoms with Crippen LogP contribution in [0, 0.1) is 11.3 Å². The summed E-state index contributed by atoms with van der Waals surface area (Å²) < 4.78 is 27.1. The van der Waals surface area contributed by atoms with Gasteiger partial charge in [0.15, 0.2) is 0 Å². The molecule has 4 nitrogen and oxygen atoms in total. The van der Waals surface area contributed by atoms with Crippen molar-refractivity contribution in [2.45, 2.75) is 30.4 Å². The van der Waals surface area contributed by atoms with Crippen molar-refractivity contribution < 1.29 is 8.42 Å². The van der Waals surface area contributed by atoms with Crippen LogP contribution in [0.25, 0.3) is 0 Å². The summed E-state index contributed by atoms with van der Waals surface area (Å²) in [6, 6.07) is 12.2. The molecule has 0 bridgehead atoms. The second kappa shape index (κ2) is 5.51. The molecule has 1 aromatic heterocycles. The highest BCUT2D eigenvalue weighted by Gasteiger charge is 2.18. The molecule has 0 fully saturated rings. The highest BCUT2D eigenvalue weighted by Crippen LogP contribution is 2.26. The van der Waals surface area contributed by atoms with Crippen LogP contribution in [0.3, 0.4) is 0 Å². The summed E-state index contributed by atoms with van der Waals surface area (Å²) in [5.74, 6) is 0. The van der Waals surface area contributed by atoms with Crippen LogP contribution < -0.4 is 4.72 Å². The normalized spacial score (nSPS) is 11.9. The summed E-state index contributed by atoms with van der Waals surface area (Å²) in [4.78, 5) is 0.374. The molecule has 0 saturated heterocycles. The smallest absolute Gasteiger partial charge is 0.271 e. The highest BCUT2D eigenvalue weighted by atomic mass is 32.2. The standard InChI is InChI=1S/C15H16N2O2S2/c1-15(2,3)11-4-6-12(7-5-11)17-21(18,19)14-9-8-13(10-16)20-14/h4-9,17H,1-3H3. The SMILES string of the molecule is CC(C)(C)c1ccc(NS(=O)(=O)c2ccc(C#N)s2)cc1. The lowest BCUT2D eigenvalue weighted by molar-refractivity contribution is 0.590. The Balaban J connectivity index is 2.23. The second-order valence-electron chi connectivity index (χ2n) is 5.66. The Morgan fingerprint density at radius 2 is 1.71 bits per heavy atom. The van der Waals surface area contributed by atoms with E-state index in [2.05, 4.69) is 25.5 Å². The zero-order valence-corrected chi connectivity index (χ0v) is 13.7. The lowest BCUT2D eigenvalue weighted by Gasteiger charge is -2.19. The van der Waals surface area contributed by atoms with Gasteiger partial charge in [0.1, 0.15) is 15.2 Å². The maximum atomic E-state index is 12.2. The van der Waals surface area contributed by atoms with Crippen LogP contribution in [-0.2, 0) is 15.4 Å². The fraction of sp³-hybridized carbons (Fsp3) is 0.267. The summed E-state index contributed by atoms with van der Waals surface area (Å²) in [7, 11) is -3.63. The number of nitrogens with one attached hydrogen (secondary N) is 1. The predicted molar refractivity (Wildman–Crippen MR) is 85.0 cm³/mol. The van der Waals surface area contributed by atoms with Crippen LogP contribution in [0.1, 0.15) is 31.2 Å². The predicted octanol–water partition coefficient (Wildman–Crippen LogP) is 3.72. The monoisotopic (exact) mass is 320 g/mol. The van der Waals surface area contributed by atoms with Crippen molar-refractivity contribution in [2.75, 3.05) is 4.72 Å². The van der Waals surface area contributed by atoms with Crippen LogP contribution in [0.15, 0.2) is 40.6 Å². The summed E-state index contributed by atoms with van der Waals surface area (Å²) in [6.45, 7) is 6.30. The van der Waals surface area contributed by atoms with Gasteiger partial charge in [-0.2, -0.15) is 5.26 Å². The third-order valence-electron chi connectivity index (χ3n) is 2.96. The summed E-state index contributed by atoms with van der Waals surface area (Å²) in [6.07, 6.45) is 0. The number of hydrogen-bond donors (Lipinski definition) is 1. The molecule has 110 valence electrons. The number of hydrogen-bond acceptors (Lipinski definition) is 4. The Morgan fingerprint density at radius 3 is 2.19 bits per heavy atom. The van der Waals surface area contributed by atoms with Gasteiger partial charge in [0.05, 0.1) is 0 Å². The minimum absolute atomic E-state index is 0.0207. The van der Waals surface area contributed by atoms with Crippen molar-refractivity contribution in [1.82, 2.24) is 0 Å². The Labute approximate surface area is 129 Å². The molecule has 2 aromatic rings. The second-order valence-corrected chi connectivity index (χ2v) is 8.66. The van der Waals surface area contributed by atoms with E-state index >= 15 is 0 Å². The van der Waals surface area contributed by atoms with Crippen molar-refractivity contribution in [1.29, 1.82) is 5.26 Å². The van der Waals surface area contributed by atoms with E-state index in [0.29, 0.717) is 10.6 Å². The molecule has 1 aromatic carbocycles. The first-order valence-electron chi connectivity index (χ1n) is 6.36.